The predicted molar refractivity (Wildman–Crippen MR) is 50.8 cm³/mol. The van der Waals surface area contributed by atoms with E-state index in [9.17, 15) is 0 Å². The van der Waals surface area contributed by atoms with Crippen molar-refractivity contribution in [1.82, 2.24) is 9.97 Å². The van der Waals surface area contributed by atoms with Gasteiger partial charge in [0.15, 0.2) is 0 Å². The van der Waals surface area contributed by atoms with Gasteiger partial charge in [0.05, 0.1) is 6.20 Å². The summed E-state index contributed by atoms with van der Waals surface area (Å²) >= 11 is 5.82. The number of rotatable bonds is 3. The number of hydrogen-bond donors (Lipinski definition) is 2. The van der Waals surface area contributed by atoms with E-state index in [-0.39, 0.29) is 0 Å². The fourth-order valence-electron chi connectivity index (χ4n) is 0.779. The molecule has 0 saturated carbocycles. The highest BCUT2D eigenvalue weighted by Gasteiger charge is 2.01. The van der Waals surface area contributed by atoms with Crippen LogP contribution in [0.25, 0.3) is 0 Å². The summed E-state index contributed by atoms with van der Waals surface area (Å²) in [5.41, 5.74) is 0. The highest BCUT2D eigenvalue weighted by atomic mass is 35.5. The largest absolute Gasteiger partial charge is 0.369 e. The van der Waals surface area contributed by atoms with Gasteiger partial charge >= 0.3 is 0 Å². The molecule has 0 unspecified atom stereocenters. The molecular weight excluding hydrogens is 176 g/mol. The third-order valence-electron chi connectivity index (χ3n) is 1.31. The van der Waals surface area contributed by atoms with E-state index in [1.54, 1.807) is 13.2 Å². The molecule has 0 saturated heterocycles. The molecular formula is C7H11ClN4. The van der Waals surface area contributed by atoms with Crippen LogP contribution >= 0.6 is 11.6 Å². The zero-order valence-electron chi connectivity index (χ0n) is 7.06. The van der Waals surface area contributed by atoms with Crippen molar-refractivity contribution in [2.75, 3.05) is 24.2 Å². The van der Waals surface area contributed by atoms with Crippen LogP contribution in [0.1, 0.15) is 6.92 Å². The van der Waals surface area contributed by atoms with Gasteiger partial charge in [-0.2, -0.15) is 4.98 Å². The molecule has 0 radical (unpaired) electrons. The number of anilines is 2. The van der Waals surface area contributed by atoms with Crippen LogP contribution in [-0.4, -0.2) is 23.6 Å². The average Bonchev–Trinajstić information content (AvgIpc) is 2.09. The third-order valence-corrected chi connectivity index (χ3v) is 1.59. The Morgan fingerprint density at radius 2 is 2.33 bits per heavy atom. The van der Waals surface area contributed by atoms with E-state index >= 15 is 0 Å². The van der Waals surface area contributed by atoms with Crippen LogP contribution in [0.4, 0.5) is 11.8 Å². The molecule has 4 nitrogen and oxygen atoms in total. The third kappa shape index (κ3) is 1.98. The van der Waals surface area contributed by atoms with Crippen LogP contribution < -0.4 is 10.6 Å². The van der Waals surface area contributed by atoms with Gasteiger partial charge in [0.2, 0.25) is 5.95 Å². The molecule has 0 fully saturated rings. The second-order valence-electron chi connectivity index (χ2n) is 2.17. The molecule has 0 aromatic carbocycles. The van der Waals surface area contributed by atoms with Gasteiger partial charge in [0.25, 0.3) is 0 Å². The van der Waals surface area contributed by atoms with Crippen molar-refractivity contribution in [2.45, 2.75) is 6.92 Å². The van der Waals surface area contributed by atoms with Gasteiger partial charge in [0, 0.05) is 13.6 Å². The number of nitrogens with zero attached hydrogens (tertiary/aromatic N) is 2. The highest BCUT2D eigenvalue weighted by molar-refractivity contribution is 6.32. The first-order valence-electron chi connectivity index (χ1n) is 3.72. The Morgan fingerprint density at radius 3 is 2.92 bits per heavy atom. The van der Waals surface area contributed by atoms with Crippen LogP contribution in [0.2, 0.25) is 5.02 Å². The molecule has 0 spiro atoms. The Morgan fingerprint density at radius 1 is 1.58 bits per heavy atom. The summed E-state index contributed by atoms with van der Waals surface area (Å²) in [4.78, 5) is 8.06. The summed E-state index contributed by atoms with van der Waals surface area (Å²) in [7, 11) is 1.76. The zero-order valence-corrected chi connectivity index (χ0v) is 7.81. The highest BCUT2D eigenvalue weighted by Crippen LogP contribution is 2.18. The van der Waals surface area contributed by atoms with E-state index in [1.165, 1.54) is 0 Å². The fourth-order valence-corrected chi connectivity index (χ4v) is 0.937. The van der Waals surface area contributed by atoms with Crippen molar-refractivity contribution < 1.29 is 0 Å². The van der Waals surface area contributed by atoms with E-state index in [1.807, 2.05) is 6.92 Å². The first kappa shape index (κ1) is 9.06. The molecule has 0 aliphatic rings. The molecule has 1 aromatic heterocycles. The van der Waals surface area contributed by atoms with Crippen LogP contribution in [-0.2, 0) is 0 Å². The van der Waals surface area contributed by atoms with Crippen LogP contribution in [0, 0.1) is 0 Å². The standard InChI is InChI=1S/C7H11ClN4/c1-3-10-6-5(8)4-11-7(9-2)12-6/h4H,3H2,1-2H3,(H2,9,10,11,12). The summed E-state index contributed by atoms with van der Waals surface area (Å²) in [6.07, 6.45) is 1.57. The predicted octanol–water partition coefficient (Wildman–Crippen LogP) is 1.60. The van der Waals surface area contributed by atoms with Gasteiger partial charge in [0.1, 0.15) is 10.8 Å². The van der Waals surface area contributed by atoms with E-state index in [0.717, 1.165) is 6.54 Å². The van der Waals surface area contributed by atoms with Gasteiger partial charge in [-0.15, -0.1) is 0 Å². The molecule has 0 aliphatic carbocycles. The minimum Gasteiger partial charge on any atom is -0.369 e. The second-order valence-corrected chi connectivity index (χ2v) is 2.58. The van der Waals surface area contributed by atoms with Crippen LogP contribution in [0.5, 0.6) is 0 Å². The Kier molecular flexibility index (Phi) is 3.10. The molecule has 1 aromatic rings. The van der Waals surface area contributed by atoms with E-state index < -0.39 is 0 Å². The summed E-state index contributed by atoms with van der Waals surface area (Å²) in [6, 6.07) is 0. The van der Waals surface area contributed by atoms with Crippen LogP contribution in [0.3, 0.4) is 0 Å². The lowest BCUT2D eigenvalue weighted by Crippen LogP contribution is -2.03. The van der Waals surface area contributed by atoms with Crippen molar-refractivity contribution >= 4 is 23.4 Å². The van der Waals surface area contributed by atoms with E-state index in [2.05, 4.69) is 20.6 Å². The van der Waals surface area contributed by atoms with Crippen molar-refractivity contribution in [3.63, 3.8) is 0 Å². The first-order valence-corrected chi connectivity index (χ1v) is 4.10. The summed E-state index contributed by atoms with van der Waals surface area (Å²) < 4.78 is 0. The van der Waals surface area contributed by atoms with Crippen molar-refractivity contribution in [3.05, 3.63) is 11.2 Å². The Balaban J connectivity index is 2.91. The molecule has 0 aliphatic heterocycles. The van der Waals surface area contributed by atoms with Gasteiger partial charge in [-0.3, -0.25) is 0 Å². The Hall–Kier alpha value is -1.03. The lowest BCUT2D eigenvalue weighted by atomic mass is 10.5. The molecule has 2 N–H and O–H groups in total. The van der Waals surface area contributed by atoms with Crippen molar-refractivity contribution in [1.29, 1.82) is 0 Å². The molecule has 1 rings (SSSR count). The van der Waals surface area contributed by atoms with E-state index in [4.69, 9.17) is 11.6 Å². The zero-order chi connectivity index (χ0) is 8.97. The molecule has 5 heteroatoms. The summed E-state index contributed by atoms with van der Waals surface area (Å²) in [5.74, 6) is 1.23. The lowest BCUT2D eigenvalue weighted by Gasteiger charge is -2.05. The van der Waals surface area contributed by atoms with Gasteiger partial charge < -0.3 is 10.6 Å². The molecule has 0 bridgehead atoms. The van der Waals surface area contributed by atoms with Crippen molar-refractivity contribution in [3.8, 4) is 0 Å². The normalized spacial score (nSPS) is 9.58. The molecule has 0 amide bonds. The molecule has 0 atom stereocenters. The maximum absolute atomic E-state index is 5.82. The number of aromatic nitrogens is 2. The monoisotopic (exact) mass is 186 g/mol. The number of halogens is 1. The number of nitrogens with one attached hydrogen (secondary N) is 2. The van der Waals surface area contributed by atoms with Gasteiger partial charge in [-0.05, 0) is 6.92 Å². The molecule has 66 valence electrons. The number of hydrogen-bond acceptors (Lipinski definition) is 4. The smallest absolute Gasteiger partial charge is 0.224 e. The quantitative estimate of drug-likeness (QED) is 0.753. The fraction of sp³-hybridized carbons (Fsp3) is 0.429. The summed E-state index contributed by atoms with van der Waals surface area (Å²) in [6.45, 7) is 2.78. The lowest BCUT2D eigenvalue weighted by molar-refractivity contribution is 1.10. The topological polar surface area (TPSA) is 49.8 Å². The molecule has 12 heavy (non-hydrogen) atoms. The van der Waals surface area contributed by atoms with Crippen LogP contribution in [0.15, 0.2) is 6.20 Å². The van der Waals surface area contributed by atoms with E-state index in [0.29, 0.717) is 16.8 Å². The van der Waals surface area contributed by atoms with Gasteiger partial charge in [-0.1, -0.05) is 11.6 Å². The van der Waals surface area contributed by atoms with Gasteiger partial charge in [-0.25, -0.2) is 4.98 Å². The Bertz CT molecular complexity index is 264. The Labute approximate surface area is 76.4 Å². The average molecular weight is 187 g/mol. The van der Waals surface area contributed by atoms with Crippen molar-refractivity contribution in [2.24, 2.45) is 0 Å². The second kappa shape index (κ2) is 4.11. The maximum Gasteiger partial charge on any atom is 0.224 e. The molecule has 1 heterocycles. The summed E-state index contributed by atoms with van der Waals surface area (Å²) in [5, 5.41) is 6.40. The minimum absolute atomic E-state index is 0.538. The SMILES string of the molecule is CCNc1nc(NC)ncc1Cl. The first-order chi connectivity index (χ1) is 5.77. The maximum atomic E-state index is 5.82. The minimum atomic E-state index is 0.538.